The maximum absolute atomic E-state index is 13.4. The summed E-state index contributed by atoms with van der Waals surface area (Å²) < 4.78 is 13.4. The van der Waals surface area contributed by atoms with Crippen molar-refractivity contribution in [2.75, 3.05) is 20.1 Å². The van der Waals surface area contributed by atoms with Crippen LogP contribution in [0.1, 0.15) is 5.56 Å². The van der Waals surface area contributed by atoms with Gasteiger partial charge in [0.15, 0.2) is 0 Å². The van der Waals surface area contributed by atoms with E-state index in [1.54, 1.807) is 18.0 Å². The Bertz CT molecular complexity index is 624. The molecule has 0 aliphatic carbocycles. The number of nitrogens with zero attached hydrogens (tertiary/aromatic N) is 1. The Morgan fingerprint density at radius 3 is 2.64 bits per heavy atom. The zero-order valence-corrected chi connectivity index (χ0v) is 14.5. The van der Waals surface area contributed by atoms with Gasteiger partial charge in [-0.2, -0.15) is 0 Å². The molecular formula is C17H22FNO2Si. The normalized spacial score (nSPS) is 12.0. The average molecular weight is 319 g/mol. The quantitative estimate of drug-likeness (QED) is 0.670. The minimum atomic E-state index is -1.55. The summed E-state index contributed by atoms with van der Waals surface area (Å²) in [6.45, 7) is 6.81. The molecule has 0 atom stereocenters. The van der Waals surface area contributed by atoms with Crippen molar-refractivity contribution >= 4 is 19.6 Å². The molecule has 0 heterocycles. The molecule has 0 unspecified atom stereocenters. The molecule has 0 amide bonds. The lowest BCUT2D eigenvalue weighted by Gasteiger charge is -2.12. The van der Waals surface area contributed by atoms with E-state index >= 15 is 0 Å². The minimum absolute atomic E-state index is 0.0472. The van der Waals surface area contributed by atoms with Crippen molar-refractivity contribution in [2.24, 2.45) is 0 Å². The minimum Gasteiger partial charge on any atom is -0.480 e. The van der Waals surface area contributed by atoms with Crippen LogP contribution in [-0.2, 0) is 4.79 Å². The number of hydrogen-bond donors (Lipinski definition) is 1. The highest BCUT2D eigenvalue weighted by Crippen LogP contribution is 2.15. The summed E-state index contributed by atoms with van der Waals surface area (Å²) in [6.07, 6.45) is 1.85. The van der Waals surface area contributed by atoms with Gasteiger partial charge in [0.25, 0.3) is 0 Å². The van der Waals surface area contributed by atoms with Crippen LogP contribution >= 0.6 is 0 Å². The van der Waals surface area contributed by atoms with E-state index < -0.39 is 14.0 Å². The molecular weight excluding hydrogens is 297 g/mol. The Labute approximate surface area is 132 Å². The number of carbonyl (C=O) groups is 1. The molecule has 0 spiro atoms. The third kappa shape index (κ3) is 7.20. The van der Waals surface area contributed by atoms with Crippen LogP contribution in [0.15, 0.2) is 30.3 Å². The number of carboxylic acid groups (broad SMARTS) is 1. The fraction of sp³-hybridized carbons (Fsp3) is 0.353. The predicted molar refractivity (Wildman–Crippen MR) is 90.6 cm³/mol. The van der Waals surface area contributed by atoms with E-state index in [0.717, 1.165) is 11.1 Å². The lowest BCUT2D eigenvalue weighted by Crippen LogP contribution is -2.25. The van der Waals surface area contributed by atoms with E-state index in [2.05, 4.69) is 31.1 Å². The number of halogens is 1. The lowest BCUT2D eigenvalue weighted by molar-refractivity contribution is -0.137. The summed E-state index contributed by atoms with van der Waals surface area (Å²) in [5.41, 5.74) is 4.72. The second-order valence-corrected chi connectivity index (χ2v) is 11.0. The summed E-state index contributed by atoms with van der Waals surface area (Å²) in [4.78, 5) is 12.4. The highest BCUT2D eigenvalue weighted by Gasteiger charge is 2.09. The zero-order valence-electron chi connectivity index (χ0n) is 13.5. The summed E-state index contributed by atoms with van der Waals surface area (Å²) in [7, 11) is 0.170. The van der Waals surface area contributed by atoms with Gasteiger partial charge in [0.05, 0.1) is 6.54 Å². The molecule has 3 nitrogen and oxygen atoms in total. The third-order valence-electron chi connectivity index (χ3n) is 2.72. The highest BCUT2D eigenvalue weighted by atomic mass is 28.3. The van der Waals surface area contributed by atoms with Crippen molar-refractivity contribution in [3.05, 3.63) is 41.7 Å². The van der Waals surface area contributed by atoms with E-state index in [4.69, 9.17) is 5.11 Å². The number of allylic oxidation sites excluding steroid dienone is 1. The first-order valence-corrected chi connectivity index (χ1v) is 10.6. The molecule has 1 aromatic carbocycles. The predicted octanol–water partition coefficient (Wildman–Crippen LogP) is 3.11. The van der Waals surface area contributed by atoms with Gasteiger partial charge in [-0.15, -0.1) is 5.54 Å². The average Bonchev–Trinajstić information content (AvgIpc) is 2.36. The number of benzene rings is 1. The molecule has 1 rings (SSSR count). The van der Waals surface area contributed by atoms with Crippen LogP contribution in [0.4, 0.5) is 4.39 Å². The smallest absolute Gasteiger partial charge is 0.317 e. The topological polar surface area (TPSA) is 40.5 Å². The van der Waals surface area contributed by atoms with Crippen LogP contribution in [0.25, 0.3) is 5.57 Å². The molecule has 118 valence electrons. The molecule has 1 aromatic rings. The van der Waals surface area contributed by atoms with Crippen molar-refractivity contribution in [3.63, 3.8) is 0 Å². The van der Waals surface area contributed by atoms with Crippen molar-refractivity contribution in [3.8, 4) is 11.5 Å². The molecule has 0 aliphatic heterocycles. The first kappa shape index (κ1) is 18.1. The molecule has 0 saturated carbocycles. The first-order valence-electron chi connectivity index (χ1n) is 7.07. The Morgan fingerprint density at radius 2 is 2.09 bits per heavy atom. The number of likely N-dealkylation sites (N-methyl/N-ethyl adjacent to an activating group) is 1. The van der Waals surface area contributed by atoms with Crippen molar-refractivity contribution < 1.29 is 14.3 Å². The van der Waals surface area contributed by atoms with Crippen LogP contribution in [0.5, 0.6) is 0 Å². The highest BCUT2D eigenvalue weighted by molar-refractivity contribution is 6.84. The monoisotopic (exact) mass is 319 g/mol. The summed E-state index contributed by atoms with van der Waals surface area (Å²) in [5, 5.41) is 8.78. The van der Waals surface area contributed by atoms with Crippen molar-refractivity contribution in [1.29, 1.82) is 0 Å². The van der Waals surface area contributed by atoms with Crippen LogP contribution in [0.3, 0.4) is 0 Å². The second-order valence-electron chi connectivity index (χ2n) is 6.22. The number of aliphatic carboxylic acids is 1. The molecule has 22 heavy (non-hydrogen) atoms. The largest absolute Gasteiger partial charge is 0.480 e. The van der Waals surface area contributed by atoms with Gasteiger partial charge in [0.2, 0.25) is 0 Å². The SMILES string of the molecule is CN(C/C=C(/C#C[Si](C)(C)C)c1cccc(F)c1)CC(=O)O. The maximum atomic E-state index is 13.4. The third-order valence-corrected chi connectivity index (χ3v) is 3.60. The standard InChI is InChI=1S/C17H22FNO2Si/c1-19(13-17(20)21)10-8-14(9-11-22(2,3)4)15-6-5-7-16(18)12-15/h5-8,12H,10,13H2,1-4H3,(H,20,21)/b14-8-. The molecule has 1 N–H and O–H groups in total. The molecule has 0 aromatic heterocycles. The maximum Gasteiger partial charge on any atom is 0.317 e. The van der Waals surface area contributed by atoms with Crippen molar-refractivity contribution in [1.82, 2.24) is 4.90 Å². The second kappa shape index (κ2) is 7.92. The fourth-order valence-corrected chi connectivity index (χ4v) is 2.20. The van der Waals surface area contributed by atoms with Crippen LogP contribution in [0.2, 0.25) is 19.6 Å². The van der Waals surface area contributed by atoms with Crippen LogP contribution in [-0.4, -0.2) is 44.2 Å². The van der Waals surface area contributed by atoms with Crippen LogP contribution < -0.4 is 0 Å². The molecule has 0 aliphatic rings. The Balaban J connectivity index is 3.05. The Morgan fingerprint density at radius 1 is 1.41 bits per heavy atom. The number of carboxylic acids is 1. The Kier molecular flexibility index (Phi) is 6.53. The number of rotatable bonds is 5. The van der Waals surface area contributed by atoms with Gasteiger partial charge in [-0.3, -0.25) is 9.69 Å². The van der Waals surface area contributed by atoms with E-state index in [0.29, 0.717) is 6.54 Å². The van der Waals surface area contributed by atoms with Gasteiger partial charge in [-0.25, -0.2) is 4.39 Å². The van der Waals surface area contributed by atoms with E-state index in [9.17, 15) is 9.18 Å². The van der Waals surface area contributed by atoms with Gasteiger partial charge < -0.3 is 5.11 Å². The molecule has 5 heteroatoms. The van der Waals surface area contributed by atoms with E-state index in [-0.39, 0.29) is 12.4 Å². The van der Waals surface area contributed by atoms with E-state index in [1.165, 1.54) is 12.1 Å². The summed E-state index contributed by atoms with van der Waals surface area (Å²) in [6, 6.07) is 6.30. The summed E-state index contributed by atoms with van der Waals surface area (Å²) in [5.74, 6) is 1.96. The van der Waals surface area contributed by atoms with Crippen LogP contribution in [0, 0.1) is 17.3 Å². The summed E-state index contributed by atoms with van der Waals surface area (Å²) >= 11 is 0. The van der Waals surface area contributed by atoms with Crippen molar-refractivity contribution in [2.45, 2.75) is 19.6 Å². The molecule has 0 bridgehead atoms. The molecule has 0 saturated heterocycles. The lowest BCUT2D eigenvalue weighted by atomic mass is 10.1. The molecule has 0 fully saturated rings. The Hall–Kier alpha value is -1.90. The van der Waals surface area contributed by atoms with Gasteiger partial charge in [0, 0.05) is 12.1 Å². The first-order chi connectivity index (χ1) is 10.2. The molecule has 0 radical (unpaired) electrons. The van der Waals surface area contributed by atoms with Gasteiger partial charge in [-0.1, -0.05) is 43.8 Å². The van der Waals surface area contributed by atoms with Gasteiger partial charge >= 0.3 is 5.97 Å². The van der Waals surface area contributed by atoms with Gasteiger partial charge in [0.1, 0.15) is 13.9 Å². The zero-order chi connectivity index (χ0) is 16.8. The number of hydrogen-bond acceptors (Lipinski definition) is 2. The van der Waals surface area contributed by atoms with E-state index in [1.807, 2.05) is 12.1 Å². The van der Waals surface area contributed by atoms with Gasteiger partial charge in [-0.05, 0) is 24.7 Å². The fourth-order valence-electron chi connectivity index (χ4n) is 1.69.